The molecule has 1 aliphatic rings. The summed E-state index contributed by atoms with van der Waals surface area (Å²) in [6.45, 7) is 5.30. The molecule has 0 unspecified atom stereocenters. The average molecular weight is 400 g/mol. The lowest BCUT2D eigenvalue weighted by Crippen LogP contribution is -2.47. The van der Waals surface area contributed by atoms with Gasteiger partial charge in [-0.15, -0.1) is 11.3 Å². The van der Waals surface area contributed by atoms with E-state index in [-0.39, 0.29) is 0 Å². The molecular formula is C17H22ClN3O2S2. The molecule has 3 rings (SSSR count). The maximum Gasteiger partial charge on any atom is 0.250 e. The number of halogens is 1. The number of nitrogens with one attached hydrogen (secondary N) is 1. The summed E-state index contributed by atoms with van der Waals surface area (Å²) in [6.07, 6.45) is 0.811. The second kappa shape index (κ2) is 8.51. The van der Waals surface area contributed by atoms with E-state index in [9.17, 15) is 8.42 Å². The van der Waals surface area contributed by atoms with Crippen LogP contribution in [0.1, 0.15) is 6.42 Å². The zero-order valence-corrected chi connectivity index (χ0v) is 16.3. The summed E-state index contributed by atoms with van der Waals surface area (Å²) in [7, 11) is -3.34. The van der Waals surface area contributed by atoms with Gasteiger partial charge >= 0.3 is 0 Å². The Labute approximate surface area is 158 Å². The Morgan fingerprint density at radius 1 is 1.08 bits per heavy atom. The van der Waals surface area contributed by atoms with Crippen molar-refractivity contribution >= 4 is 38.6 Å². The summed E-state index contributed by atoms with van der Waals surface area (Å²) in [6, 6.07) is 11.3. The number of benzene rings is 1. The molecule has 0 spiro atoms. The van der Waals surface area contributed by atoms with Crippen LogP contribution in [0, 0.1) is 0 Å². The molecule has 1 aromatic carbocycles. The first-order valence-electron chi connectivity index (χ1n) is 8.31. The van der Waals surface area contributed by atoms with Crippen LogP contribution in [0.2, 0.25) is 5.02 Å². The smallest absolute Gasteiger partial charge is 0.250 e. The molecule has 0 saturated carbocycles. The molecule has 1 aliphatic heterocycles. The van der Waals surface area contributed by atoms with Gasteiger partial charge in [0.2, 0.25) is 10.0 Å². The lowest BCUT2D eigenvalue weighted by molar-refractivity contribution is 0.255. The van der Waals surface area contributed by atoms with Gasteiger partial charge in [-0.05, 0) is 48.7 Å². The number of hydrogen-bond donors (Lipinski definition) is 1. The number of rotatable bonds is 7. The largest absolute Gasteiger partial charge is 0.369 e. The SMILES string of the molecule is O=S(=O)(NCCCN1CCN(c2ccc(Cl)cc2)CC1)c1cccs1. The van der Waals surface area contributed by atoms with Gasteiger partial charge in [0.1, 0.15) is 4.21 Å². The maximum absolute atomic E-state index is 12.0. The monoisotopic (exact) mass is 399 g/mol. The van der Waals surface area contributed by atoms with Gasteiger partial charge < -0.3 is 4.90 Å². The highest BCUT2D eigenvalue weighted by atomic mass is 35.5. The summed E-state index contributed by atoms with van der Waals surface area (Å²) < 4.78 is 27.1. The van der Waals surface area contributed by atoms with Crippen LogP contribution in [0.3, 0.4) is 0 Å². The van der Waals surface area contributed by atoms with Crippen molar-refractivity contribution in [2.45, 2.75) is 10.6 Å². The predicted molar refractivity (Wildman–Crippen MR) is 104 cm³/mol. The third kappa shape index (κ3) is 5.18. The fourth-order valence-electron chi connectivity index (χ4n) is 2.88. The van der Waals surface area contributed by atoms with Crippen LogP contribution in [0.5, 0.6) is 0 Å². The van der Waals surface area contributed by atoms with Gasteiger partial charge in [-0.2, -0.15) is 0 Å². The van der Waals surface area contributed by atoms with Gasteiger partial charge in [0, 0.05) is 43.4 Å². The molecule has 25 heavy (non-hydrogen) atoms. The van der Waals surface area contributed by atoms with E-state index < -0.39 is 10.0 Å². The van der Waals surface area contributed by atoms with Gasteiger partial charge in [-0.3, -0.25) is 4.90 Å². The molecule has 2 aromatic rings. The number of hydrogen-bond acceptors (Lipinski definition) is 5. The van der Waals surface area contributed by atoms with E-state index in [0.717, 1.165) is 44.2 Å². The zero-order chi connectivity index (χ0) is 17.7. The van der Waals surface area contributed by atoms with Crippen molar-refractivity contribution in [3.63, 3.8) is 0 Å². The molecule has 1 fully saturated rings. The normalized spacial score (nSPS) is 16.3. The van der Waals surface area contributed by atoms with Crippen molar-refractivity contribution in [3.05, 3.63) is 46.8 Å². The number of anilines is 1. The fourth-order valence-corrected chi connectivity index (χ4v) is 5.12. The standard InChI is InChI=1S/C17H22ClN3O2S2/c18-15-4-6-16(7-5-15)21-12-10-20(11-13-21)9-2-8-19-25(22,23)17-3-1-14-24-17/h1,3-7,14,19H,2,8-13H2. The molecule has 0 aliphatic carbocycles. The molecule has 0 atom stereocenters. The number of thiophene rings is 1. The van der Waals surface area contributed by atoms with Crippen molar-refractivity contribution in [1.82, 2.24) is 9.62 Å². The zero-order valence-electron chi connectivity index (χ0n) is 13.9. The summed E-state index contributed by atoms with van der Waals surface area (Å²) in [5.74, 6) is 0. The highest BCUT2D eigenvalue weighted by Crippen LogP contribution is 2.19. The van der Waals surface area contributed by atoms with E-state index >= 15 is 0 Å². The highest BCUT2D eigenvalue weighted by Gasteiger charge is 2.18. The van der Waals surface area contributed by atoms with Crippen molar-refractivity contribution in [1.29, 1.82) is 0 Å². The molecular weight excluding hydrogens is 378 g/mol. The van der Waals surface area contributed by atoms with E-state index in [1.807, 2.05) is 12.1 Å². The summed E-state index contributed by atoms with van der Waals surface area (Å²) in [5, 5.41) is 2.53. The van der Waals surface area contributed by atoms with Crippen LogP contribution in [0.25, 0.3) is 0 Å². The van der Waals surface area contributed by atoms with E-state index in [2.05, 4.69) is 26.7 Å². The Morgan fingerprint density at radius 3 is 2.44 bits per heavy atom. The molecule has 1 aromatic heterocycles. The van der Waals surface area contributed by atoms with Gasteiger partial charge in [0.05, 0.1) is 0 Å². The molecule has 136 valence electrons. The lowest BCUT2D eigenvalue weighted by Gasteiger charge is -2.36. The first-order valence-corrected chi connectivity index (χ1v) is 11.0. The van der Waals surface area contributed by atoms with Crippen molar-refractivity contribution in [3.8, 4) is 0 Å². The molecule has 8 heteroatoms. The van der Waals surface area contributed by atoms with Gasteiger partial charge in [0.15, 0.2) is 0 Å². The summed E-state index contributed by atoms with van der Waals surface area (Å²) in [5.41, 5.74) is 1.20. The minimum atomic E-state index is -3.34. The highest BCUT2D eigenvalue weighted by molar-refractivity contribution is 7.91. The molecule has 0 radical (unpaired) electrons. The van der Waals surface area contributed by atoms with Crippen molar-refractivity contribution in [2.24, 2.45) is 0 Å². The van der Waals surface area contributed by atoms with Crippen molar-refractivity contribution in [2.75, 3.05) is 44.2 Å². The van der Waals surface area contributed by atoms with Gasteiger partial charge in [-0.25, -0.2) is 13.1 Å². The molecule has 2 heterocycles. The first kappa shape index (κ1) is 18.7. The van der Waals surface area contributed by atoms with Crippen LogP contribution in [-0.4, -0.2) is 52.6 Å². The second-order valence-electron chi connectivity index (χ2n) is 5.99. The van der Waals surface area contributed by atoms with E-state index in [1.54, 1.807) is 17.5 Å². The summed E-state index contributed by atoms with van der Waals surface area (Å²) >= 11 is 7.17. The molecule has 5 nitrogen and oxygen atoms in total. The van der Waals surface area contributed by atoms with Crippen LogP contribution >= 0.6 is 22.9 Å². The number of sulfonamides is 1. The number of piperazine rings is 1. The minimum absolute atomic E-state index is 0.379. The van der Waals surface area contributed by atoms with E-state index in [0.29, 0.717) is 10.8 Å². The van der Waals surface area contributed by atoms with Crippen LogP contribution in [0.4, 0.5) is 5.69 Å². The van der Waals surface area contributed by atoms with Crippen LogP contribution in [0.15, 0.2) is 46.0 Å². The molecule has 1 saturated heterocycles. The quantitative estimate of drug-likeness (QED) is 0.727. The van der Waals surface area contributed by atoms with Crippen LogP contribution in [-0.2, 0) is 10.0 Å². The van der Waals surface area contributed by atoms with Crippen LogP contribution < -0.4 is 9.62 Å². The Morgan fingerprint density at radius 2 is 1.80 bits per heavy atom. The van der Waals surface area contributed by atoms with Gasteiger partial charge in [-0.1, -0.05) is 17.7 Å². The molecule has 1 N–H and O–H groups in total. The first-order chi connectivity index (χ1) is 12.0. The Balaban J connectivity index is 1.37. The third-order valence-electron chi connectivity index (χ3n) is 4.27. The second-order valence-corrected chi connectivity index (χ2v) is 9.37. The molecule has 0 amide bonds. The average Bonchev–Trinajstić information content (AvgIpc) is 3.16. The van der Waals surface area contributed by atoms with Crippen molar-refractivity contribution < 1.29 is 8.42 Å². The lowest BCUT2D eigenvalue weighted by atomic mass is 10.2. The van der Waals surface area contributed by atoms with Gasteiger partial charge in [0.25, 0.3) is 0 Å². The molecule has 0 bridgehead atoms. The van der Waals surface area contributed by atoms with E-state index in [4.69, 9.17) is 11.6 Å². The maximum atomic E-state index is 12.0. The topological polar surface area (TPSA) is 52.7 Å². The Hall–Kier alpha value is -1.12. The third-order valence-corrected chi connectivity index (χ3v) is 7.38. The summed E-state index contributed by atoms with van der Waals surface area (Å²) in [4.78, 5) is 4.73. The Kier molecular flexibility index (Phi) is 6.35. The minimum Gasteiger partial charge on any atom is -0.369 e. The Bertz CT molecular complexity index is 756. The number of nitrogens with zero attached hydrogens (tertiary/aromatic N) is 2. The fraction of sp³-hybridized carbons (Fsp3) is 0.412. The predicted octanol–water partition coefficient (Wildman–Crippen LogP) is 2.89. The van der Waals surface area contributed by atoms with E-state index in [1.165, 1.54) is 17.0 Å².